The topological polar surface area (TPSA) is 72.2 Å². The summed E-state index contributed by atoms with van der Waals surface area (Å²) in [5, 5.41) is 0. The number of hydrogen-bond donors (Lipinski definition) is 2. The molecule has 2 aliphatic rings. The Bertz CT molecular complexity index is 616. The minimum Gasteiger partial charge on any atom is -0.398 e. The highest BCUT2D eigenvalue weighted by atomic mass is 32.2. The first-order valence-electron chi connectivity index (χ1n) is 7.26. The SMILES string of the molecule is Cc1cc(S(=O)(=O)NC2CC3CCC2C3)cc(N)c1C. The van der Waals surface area contributed by atoms with Crippen LogP contribution in [0.25, 0.3) is 0 Å². The molecule has 3 N–H and O–H groups in total. The Kier molecular flexibility index (Phi) is 3.29. The molecule has 4 nitrogen and oxygen atoms in total. The third kappa shape index (κ3) is 2.33. The van der Waals surface area contributed by atoms with Crippen LogP contribution in [0.4, 0.5) is 5.69 Å². The van der Waals surface area contributed by atoms with Gasteiger partial charge in [0.05, 0.1) is 4.90 Å². The Morgan fingerprint density at radius 3 is 2.50 bits per heavy atom. The van der Waals surface area contributed by atoms with Crippen LogP contribution >= 0.6 is 0 Å². The van der Waals surface area contributed by atoms with E-state index in [0.717, 1.165) is 29.9 Å². The van der Waals surface area contributed by atoms with Crippen molar-refractivity contribution in [1.29, 1.82) is 0 Å². The van der Waals surface area contributed by atoms with Crippen LogP contribution in [0.3, 0.4) is 0 Å². The molecule has 110 valence electrons. The molecule has 0 heterocycles. The highest BCUT2D eigenvalue weighted by Crippen LogP contribution is 2.44. The zero-order valence-electron chi connectivity index (χ0n) is 12.0. The quantitative estimate of drug-likeness (QED) is 0.841. The molecule has 3 atom stereocenters. The van der Waals surface area contributed by atoms with Crippen molar-refractivity contribution in [1.82, 2.24) is 4.72 Å². The minimum atomic E-state index is -3.46. The van der Waals surface area contributed by atoms with Crippen molar-refractivity contribution >= 4 is 15.7 Å². The molecule has 0 aromatic heterocycles. The lowest BCUT2D eigenvalue weighted by Gasteiger charge is -2.23. The van der Waals surface area contributed by atoms with Gasteiger partial charge in [-0.25, -0.2) is 13.1 Å². The van der Waals surface area contributed by atoms with E-state index in [9.17, 15) is 8.42 Å². The fourth-order valence-corrected chi connectivity index (χ4v) is 5.10. The van der Waals surface area contributed by atoms with Crippen molar-refractivity contribution in [2.75, 3.05) is 5.73 Å². The van der Waals surface area contributed by atoms with Gasteiger partial charge in [-0.15, -0.1) is 0 Å². The fraction of sp³-hybridized carbons (Fsp3) is 0.600. The van der Waals surface area contributed by atoms with E-state index in [0.29, 0.717) is 16.5 Å². The van der Waals surface area contributed by atoms with Gasteiger partial charge >= 0.3 is 0 Å². The third-order valence-corrected chi connectivity index (χ3v) is 6.51. The minimum absolute atomic E-state index is 0.113. The summed E-state index contributed by atoms with van der Waals surface area (Å²) in [4.78, 5) is 0.292. The second-order valence-corrected chi connectivity index (χ2v) is 8.07. The number of nitrogens with two attached hydrogens (primary N) is 1. The molecule has 1 aromatic carbocycles. The van der Waals surface area contributed by atoms with E-state index in [1.807, 2.05) is 13.8 Å². The number of sulfonamides is 1. The van der Waals surface area contributed by atoms with Gasteiger partial charge in [-0.1, -0.05) is 6.42 Å². The number of fused-ring (bicyclic) bond motifs is 2. The lowest BCUT2D eigenvalue weighted by molar-refractivity contribution is 0.390. The van der Waals surface area contributed by atoms with E-state index in [2.05, 4.69) is 4.72 Å². The molecule has 1 aromatic rings. The summed E-state index contributed by atoms with van der Waals surface area (Å²) in [6, 6.07) is 3.39. The number of rotatable bonds is 3. The number of hydrogen-bond acceptors (Lipinski definition) is 3. The summed E-state index contributed by atoms with van der Waals surface area (Å²) in [7, 11) is -3.46. The monoisotopic (exact) mass is 294 g/mol. The third-order valence-electron chi connectivity index (χ3n) is 5.04. The van der Waals surface area contributed by atoms with Gasteiger partial charge in [-0.05, 0) is 68.2 Å². The van der Waals surface area contributed by atoms with Gasteiger partial charge in [0.2, 0.25) is 10.0 Å². The van der Waals surface area contributed by atoms with Crippen molar-refractivity contribution in [3.63, 3.8) is 0 Å². The standard InChI is InChI=1S/C15H22N2O2S/c1-9-5-13(8-14(16)10(9)2)20(18,19)17-15-7-11-3-4-12(15)6-11/h5,8,11-12,15,17H,3-4,6-7,16H2,1-2H3. The average molecular weight is 294 g/mol. The average Bonchev–Trinajstić information content (AvgIpc) is 2.96. The van der Waals surface area contributed by atoms with Crippen molar-refractivity contribution in [3.05, 3.63) is 23.3 Å². The summed E-state index contributed by atoms with van der Waals surface area (Å²) in [6.07, 6.45) is 4.60. The smallest absolute Gasteiger partial charge is 0.240 e. The number of nitrogens with one attached hydrogen (secondary N) is 1. The molecule has 2 fully saturated rings. The normalized spacial score (nSPS) is 29.0. The Morgan fingerprint density at radius 2 is 1.95 bits per heavy atom. The Balaban J connectivity index is 1.85. The van der Waals surface area contributed by atoms with E-state index < -0.39 is 10.0 Å². The molecular formula is C15H22N2O2S. The van der Waals surface area contributed by atoms with Crippen LogP contribution in [0.15, 0.2) is 17.0 Å². The molecule has 0 radical (unpaired) electrons. The lowest BCUT2D eigenvalue weighted by Crippen LogP contribution is -2.38. The highest BCUT2D eigenvalue weighted by molar-refractivity contribution is 7.89. The van der Waals surface area contributed by atoms with E-state index in [1.54, 1.807) is 12.1 Å². The van der Waals surface area contributed by atoms with E-state index in [4.69, 9.17) is 5.73 Å². The summed E-state index contributed by atoms with van der Waals surface area (Å²) >= 11 is 0. The molecule has 5 heteroatoms. The number of aryl methyl sites for hydroxylation is 1. The summed E-state index contributed by atoms with van der Waals surface area (Å²) < 4.78 is 27.9. The maximum Gasteiger partial charge on any atom is 0.240 e. The number of nitrogen functional groups attached to an aromatic ring is 1. The van der Waals surface area contributed by atoms with Crippen molar-refractivity contribution < 1.29 is 8.42 Å². The van der Waals surface area contributed by atoms with Gasteiger partial charge in [0.15, 0.2) is 0 Å². The summed E-state index contributed by atoms with van der Waals surface area (Å²) in [5.41, 5.74) is 8.30. The zero-order valence-corrected chi connectivity index (χ0v) is 12.8. The Labute approximate surface area is 120 Å². The second-order valence-electron chi connectivity index (χ2n) is 6.36. The second kappa shape index (κ2) is 4.74. The largest absolute Gasteiger partial charge is 0.398 e. The van der Waals surface area contributed by atoms with Gasteiger partial charge < -0.3 is 5.73 Å². The van der Waals surface area contributed by atoms with Crippen LogP contribution in [0.1, 0.15) is 36.8 Å². The van der Waals surface area contributed by atoms with Gasteiger partial charge in [-0.2, -0.15) is 0 Å². The van der Waals surface area contributed by atoms with Crippen LogP contribution < -0.4 is 10.5 Å². The van der Waals surface area contributed by atoms with E-state index >= 15 is 0 Å². The Hall–Kier alpha value is -1.07. The maximum atomic E-state index is 12.5. The van der Waals surface area contributed by atoms with E-state index in [-0.39, 0.29) is 6.04 Å². The first-order chi connectivity index (χ1) is 9.37. The van der Waals surface area contributed by atoms with Crippen LogP contribution in [0, 0.1) is 25.7 Å². The molecule has 2 saturated carbocycles. The molecule has 0 amide bonds. The van der Waals surface area contributed by atoms with Crippen LogP contribution in [0.5, 0.6) is 0 Å². The fourth-order valence-electron chi connectivity index (χ4n) is 3.66. The number of benzene rings is 1. The van der Waals surface area contributed by atoms with Gasteiger partial charge in [0.25, 0.3) is 0 Å². The molecule has 20 heavy (non-hydrogen) atoms. The van der Waals surface area contributed by atoms with Crippen LogP contribution in [-0.2, 0) is 10.0 Å². The molecular weight excluding hydrogens is 272 g/mol. The molecule has 0 spiro atoms. The molecule has 0 saturated heterocycles. The molecule has 0 aliphatic heterocycles. The molecule has 2 aliphatic carbocycles. The van der Waals surface area contributed by atoms with Gasteiger partial charge in [0.1, 0.15) is 0 Å². The maximum absolute atomic E-state index is 12.5. The van der Waals surface area contributed by atoms with Gasteiger partial charge in [-0.3, -0.25) is 0 Å². The molecule has 2 bridgehead atoms. The van der Waals surface area contributed by atoms with Crippen molar-refractivity contribution in [2.45, 2.75) is 50.5 Å². The first-order valence-corrected chi connectivity index (χ1v) is 8.74. The lowest BCUT2D eigenvalue weighted by atomic mass is 9.96. The number of anilines is 1. The van der Waals surface area contributed by atoms with Crippen LogP contribution in [0.2, 0.25) is 0 Å². The molecule has 3 unspecified atom stereocenters. The zero-order chi connectivity index (χ0) is 14.5. The van der Waals surface area contributed by atoms with E-state index in [1.165, 1.54) is 12.8 Å². The Morgan fingerprint density at radius 1 is 1.20 bits per heavy atom. The van der Waals surface area contributed by atoms with Crippen LogP contribution in [-0.4, -0.2) is 14.5 Å². The first kappa shape index (κ1) is 13.9. The predicted molar refractivity (Wildman–Crippen MR) is 79.9 cm³/mol. The predicted octanol–water partition coefficient (Wildman–Crippen LogP) is 2.35. The highest BCUT2D eigenvalue weighted by Gasteiger charge is 2.41. The van der Waals surface area contributed by atoms with Gasteiger partial charge in [0, 0.05) is 11.7 Å². The van der Waals surface area contributed by atoms with Crippen molar-refractivity contribution in [3.8, 4) is 0 Å². The molecule has 3 rings (SSSR count). The summed E-state index contributed by atoms with van der Waals surface area (Å²) in [6.45, 7) is 3.80. The van der Waals surface area contributed by atoms with Crippen molar-refractivity contribution in [2.24, 2.45) is 11.8 Å². The summed E-state index contributed by atoms with van der Waals surface area (Å²) in [5.74, 6) is 1.25.